The molecule has 1 amide bonds. The number of fused-ring (bicyclic) bond motifs is 1. The van der Waals surface area contributed by atoms with Crippen LogP contribution in [0.5, 0.6) is 0 Å². The Morgan fingerprint density at radius 2 is 1.72 bits per heavy atom. The third-order valence-corrected chi connectivity index (χ3v) is 6.62. The fourth-order valence-electron chi connectivity index (χ4n) is 4.78. The Morgan fingerprint density at radius 1 is 0.972 bits per heavy atom. The monoisotopic (exact) mass is 477 g/mol. The molecule has 0 radical (unpaired) electrons. The van der Waals surface area contributed by atoms with E-state index in [4.69, 9.17) is 4.98 Å². The topological polar surface area (TPSA) is 72.7 Å². The van der Waals surface area contributed by atoms with Gasteiger partial charge in [-0.3, -0.25) is 4.79 Å². The summed E-state index contributed by atoms with van der Waals surface area (Å²) in [5.74, 6) is -0.146. The summed E-state index contributed by atoms with van der Waals surface area (Å²) in [7, 11) is 0. The van der Waals surface area contributed by atoms with Crippen LogP contribution in [0.25, 0.3) is 22.2 Å². The van der Waals surface area contributed by atoms with Crippen molar-refractivity contribution in [3.63, 3.8) is 0 Å². The van der Waals surface area contributed by atoms with Crippen LogP contribution in [-0.2, 0) is 6.54 Å². The second kappa shape index (κ2) is 9.34. The van der Waals surface area contributed by atoms with Crippen LogP contribution in [0.1, 0.15) is 40.4 Å². The maximum absolute atomic E-state index is 14.3. The highest BCUT2D eigenvalue weighted by atomic mass is 19.1. The number of hydrogen-bond acceptors (Lipinski definition) is 4. The number of carbonyl (C=O) groups excluding carboxylic acids is 1. The molecular formula is C29H24FN5O. The quantitative estimate of drug-likeness (QED) is 0.333. The average Bonchev–Trinajstić information content (AvgIpc) is 3.62. The number of pyridine rings is 1. The van der Waals surface area contributed by atoms with Gasteiger partial charge in [-0.1, -0.05) is 60.7 Å². The van der Waals surface area contributed by atoms with Crippen LogP contribution in [0.15, 0.2) is 91.3 Å². The van der Waals surface area contributed by atoms with Crippen molar-refractivity contribution in [2.24, 2.45) is 5.92 Å². The lowest BCUT2D eigenvalue weighted by molar-refractivity contribution is 0.0932. The molecule has 0 aliphatic heterocycles. The van der Waals surface area contributed by atoms with E-state index in [-0.39, 0.29) is 24.3 Å². The number of nitrogens with one attached hydrogen (secondary N) is 1. The molecule has 1 fully saturated rings. The molecule has 0 bridgehead atoms. The minimum absolute atomic E-state index is 0.0843. The van der Waals surface area contributed by atoms with Gasteiger partial charge in [-0.2, -0.15) is 15.0 Å². The first-order chi connectivity index (χ1) is 17.7. The fraction of sp³-hybridized carbons (Fsp3) is 0.172. The smallest absolute Gasteiger partial charge is 0.252 e. The molecule has 1 saturated carbocycles. The van der Waals surface area contributed by atoms with Crippen LogP contribution >= 0.6 is 0 Å². The molecule has 2 heterocycles. The molecule has 1 aliphatic carbocycles. The lowest BCUT2D eigenvalue weighted by Crippen LogP contribution is -2.31. The molecule has 178 valence electrons. The molecule has 0 spiro atoms. The standard InChI is InChI=1S/C29H24FN5O/c30-22-10-6-9-21(17-22)28-24(18-35-31-15-16-32-35)26(23-11-4-5-12-25(23)33-28)29(36)34-27(20-13-14-20)19-7-2-1-3-8-19/h1-12,15-17,20,27H,13-14,18H2,(H,34,36). The Balaban J connectivity index is 1.53. The van der Waals surface area contributed by atoms with Crippen LogP contribution < -0.4 is 5.32 Å². The lowest BCUT2D eigenvalue weighted by atomic mass is 9.95. The summed E-state index contributed by atoms with van der Waals surface area (Å²) in [6.45, 7) is 0.221. The Labute approximate surface area is 207 Å². The van der Waals surface area contributed by atoms with E-state index in [1.807, 2.05) is 42.5 Å². The van der Waals surface area contributed by atoms with E-state index in [1.165, 1.54) is 16.9 Å². The van der Waals surface area contributed by atoms with Crippen LogP contribution in [-0.4, -0.2) is 25.9 Å². The predicted octanol–water partition coefficient (Wildman–Crippen LogP) is 5.56. The summed E-state index contributed by atoms with van der Waals surface area (Å²) >= 11 is 0. The van der Waals surface area contributed by atoms with Gasteiger partial charge in [0, 0.05) is 16.5 Å². The average molecular weight is 478 g/mol. The summed E-state index contributed by atoms with van der Waals surface area (Å²) in [4.78, 5) is 20.5. The zero-order chi connectivity index (χ0) is 24.5. The third-order valence-electron chi connectivity index (χ3n) is 6.62. The van der Waals surface area contributed by atoms with Crippen molar-refractivity contribution in [3.8, 4) is 11.3 Å². The number of benzene rings is 3. The fourth-order valence-corrected chi connectivity index (χ4v) is 4.78. The number of amides is 1. The van der Waals surface area contributed by atoms with E-state index >= 15 is 0 Å². The van der Waals surface area contributed by atoms with Gasteiger partial charge >= 0.3 is 0 Å². The number of halogens is 1. The van der Waals surface area contributed by atoms with E-state index in [2.05, 4.69) is 27.6 Å². The van der Waals surface area contributed by atoms with Crippen molar-refractivity contribution in [1.82, 2.24) is 25.3 Å². The van der Waals surface area contributed by atoms with Gasteiger partial charge in [0.15, 0.2) is 0 Å². The van der Waals surface area contributed by atoms with Crippen LogP contribution in [0, 0.1) is 11.7 Å². The Morgan fingerprint density at radius 3 is 2.47 bits per heavy atom. The molecule has 0 saturated heterocycles. The van der Waals surface area contributed by atoms with Gasteiger partial charge in [0.1, 0.15) is 5.82 Å². The number of hydrogen-bond donors (Lipinski definition) is 1. The van der Waals surface area contributed by atoms with Gasteiger partial charge < -0.3 is 5.32 Å². The highest BCUT2D eigenvalue weighted by molar-refractivity contribution is 6.09. The predicted molar refractivity (Wildman–Crippen MR) is 136 cm³/mol. The zero-order valence-corrected chi connectivity index (χ0v) is 19.5. The second-order valence-electron chi connectivity index (χ2n) is 9.10. The molecule has 36 heavy (non-hydrogen) atoms. The summed E-state index contributed by atoms with van der Waals surface area (Å²) in [5, 5.41) is 12.6. The number of carbonyl (C=O) groups is 1. The van der Waals surface area contributed by atoms with Gasteiger partial charge in [0.2, 0.25) is 0 Å². The third kappa shape index (κ3) is 4.35. The van der Waals surface area contributed by atoms with E-state index in [0.717, 1.165) is 23.8 Å². The minimum Gasteiger partial charge on any atom is -0.345 e. The highest BCUT2D eigenvalue weighted by Crippen LogP contribution is 2.41. The molecular weight excluding hydrogens is 453 g/mol. The van der Waals surface area contributed by atoms with Crippen LogP contribution in [0.3, 0.4) is 0 Å². The maximum atomic E-state index is 14.3. The Bertz CT molecular complexity index is 1530. The SMILES string of the molecule is O=C(NC(c1ccccc1)C1CC1)c1c(Cn2nccn2)c(-c2cccc(F)c2)nc2ccccc12. The first-order valence-electron chi connectivity index (χ1n) is 12.0. The second-order valence-corrected chi connectivity index (χ2v) is 9.10. The van der Waals surface area contributed by atoms with E-state index in [9.17, 15) is 9.18 Å². The molecule has 1 atom stereocenters. The van der Waals surface area contributed by atoms with Crippen molar-refractivity contribution >= 4 is 16.8 Å². The van der Waals surface area contributed by atoms with Crippen molar-refractivity contribution in [2.75, 3.05) is 0 Å². The summed E-state index contributed by atoms with van der Waals surface area (Å²) < 4.78 is 14.3. The summed E-state index contributed by atoms with van der Waals surface area (Å²) in [6, 6.07) is 23.9. The number of nitrogens with zero attached hydrogens (tertiary/aromatic N) is 4. The van der Waals surface area contributed by atoms with Gasteiger partial charge in [-0.05, 0) is 42.5 Å². The van der Waals surface area contributed by atoms with E-state index in [1.54, 1.807) is 24.5 Å². The van der Waals surface area contributed by atoms with Crippen molar-refractivity contribution in [2.45, 2.75) is 25.4 Å². The van der Waals surface area contributed by atoms with Gasteiger partial charge in [0.25, 0.3) is 5.91 Å². The molecule has 3 aromatic carbocycles. The molecule has 5 aromatic rings. The normalized spacial score (nSPS) is 14.0. The Kier molecular flexibility index (Phi) is 5.73. The summed E-state index contributed by atoms with van der Waals surface area (Å²) in [5.41, 5.74) is 4.06. The number of para-hydroxylation sites is 1. The van der Waals surface area contributed by atoms with Gasteiger partial charge in [0.05, 0.1) is 41.8 Å². The molecule has 1 N–H and O–H groups in total. The maximum Gasteiger partial charge on any atom is 0.252 e. The number of rotatable bonds is 7. The lowest BCUT2D eigenvalue weighted by Gasteiger charge is -2.22. The molecule has 6 nitrogen and oxygen atoms in total. The largest absolute Gasteiger partial charge is 0.345 e. The molecule has 7 heteroatoms. The van der Waals surface area contributed by atoms with Gasteiger partial charge in [-0.15, -0.1) is 0 Å². The molecule has 6 rings (SSSR count). The number of aromatic nitrogens is 4. The van der Waals surface area contributed by atoms with E-state index in [0.29, 0.717) is 33.8 Å². The van der Waals surface area contributed by atoms with Crippen LogP contribution in [0.2, 0.25) is 0 Å². The zero-order valence-electron chi connectivity index (χ0n) is 19.5. The first kappa shape index (κ1) is 22.1. The Hall–Kier alpha value is -4.39. The molecule has 1 aliphatic rings. The van der Waals surface area contributed by atoms with Crippen molar-refractivity contribution in [3.05, 3.63) is 114 Å². The summed E-state index contributed by atoms with van der Waals surface area (Å²) in [6.07, 6.45) is 5.34. The van der Waals surface area contributed by atoms with E-state index < -0.39 is 0 Å². The van der Waals surface area contributed by atoms with Crippen LogP contribution in [0.4, 0.5) is 4.39 Å². The highest BCUT2D eigenvalue weighted by Gasteiger charge is 2.34. The van der Waals surface area contributed by atoms with Crippen molar-refractivity contribution in [1.29, 1.82) is 0 Å². The molecule has 1 unspecified atom stereocenters. The molecule has 2 aromatic heterocycles. The minimum atomic E-state index is -0.366. The first-order valence-corrected chi connectivity index (χ1v) is 12.0. The van der Waals surface area contributed by atoms with Gasteiger partial charge in [-0.25, -0.2) is 9.37 Å². The van der Waals surface area contributed by atoms with Crippen molar-refractivity contribution < 1.29 is 9.18 Å².